The molecule has 1 atom stereocenters. The molecule has 6 heteroatoms. The summed E-state index contributed by atoms with van der Waals surface area (Å²) in [4.78, 5) is 11.1. The summed E-state index contributed by atoms with van der Waals surface area (Å²) in [6.07, 6.45) is 0.959. The highest BCUT2D eigenvalue weighted by molar-refractivity contribution is 5.74. The Balaban J connectivity index is 2.47. The van der Waals surface area contributed by atoms with Crippen molar-refractivity contribution in [2.75, 3.05) is 0 Å². The van der Waals surface area contributed by atoms with E-state index in [-0.39, 0.29) is 0 Å². The van der Waals surface area contributed by atoms with Crippen molar-refractivity contribution in [2.24, 2.45) is 0 Å². The van der Waals surface area contributed by atoms with Gasteiger partial charge >= 0.3 is 12.1 Å². The first kappa shape index (κ1) is 14.9. The molecule has 0 heterocycles. The Morgan fingerprint density at radius 3 is 2.38 bits per heavy atom. The van der Waals surface area contributed by atoms with Crippen LogP contribution in [0.2, 0.25) is 0 Å². The minimum absolute atomic E-state index is 0.297. The number of fused-ring (bicyclic) bond motifs is 1. The lowest BCUT2D eigenvalue weighted by Gasteiger charge is -2.17. The SMILES string of the molecule is CC(=O)OC1(C#N)C=Cc2ccc(C(F)(F)F)cc2C=C1. The average Bonchev–Trinajstić information content (AvgIpc) is 2.57. The van der Waals surface area contributed by atoms with Crippen LogP contribution >= 0.6 is 0 Å². The van der Waals surface area contributed by atoms with Gasteiger partial charge in [0.1, 0.15) is 6.07 Å². The van der Waals surface area contributed by atoms with Gasteiger partial charge in [-0.2, -0.15) is 18.4 Å². The molecule has 0 bridgehead atoms. The minimum atomic E-state index is -4.44. The fourth-order valence-electron chi connectivity index (χ4n) is 1.93. The highest BCUT2D eigenvalue weighted by Crippen LogP contribution is 2.33. The molecule has 3 nitrogen and oxygen atoms in total. The number of benzene rings is 1. The molecule has 0 saturated heterocycles. The molecule has 1 aliphatic carbocycles. The lowest BCUT2D eigenvalue weighted by molar-refractivity contribution is -0.145. The van der Waals surface area contributed by atoms with Crippen molar-refractivity contribution in [3.05, 3.63) is 47.0 Å². The molecular weight excluding hydrogens is 283 g/mol. The molecule has 0 spiro atoms. The second-order valence-corrected chi connectivity index (χ2v) is 4.51. The summed E-state index contributed by atoms with van der Waals surface area (Å²) in [5, 5.41) is 9.17. The fraction of sp³-hybridized carbons (Fsp3) is 0.200. The van der Waals surface area contributed by atoms with E-state index in [1.165, 1.54) is 30.4 Å². The van der Waals surface area contributed by atoms with E-state index in [0.29, 0.717) is 11.1 Å². The Bertz CT molecular complexity index is 683. The van der Waals surface area contributed by atoms with Gasteiger partial charge in [0, 0.05) is 6.92 Å². The zero-order chi connectivity index (χ0) is 15.7. The first-order chi connectivity index (χ1) is 9.76. The van der Waals surface area contributed by atoms with Gasteiger partial charge in [-0.25, -0.2) is 0 Å². The Hall–Kier alpha value is -2.55. The average molecular weight is 293 g/mol. The monoisotopic (exact) mass is 293 g/mol. The third kappa shape index (κ3) is 3.14. The van der Waals surface area contributed by atoms with Crippen molar-refractivity contribution in [1.29, 1.82) is 5.26 Å². The largest absolute Gasteiger partial charge is 0.436 e. The van der Waals surface area contributed by atoms with Crippen molar-refractivity contribution in [2.45, 2.75) is 18.7 Å². The molecule has 0 N–H and O–H groups in total. The van der Waals surface area contributed by atoms with Gasteiger partial charge in [0.15, 0.2) is 0 Å². The molecule has 21 heavy (non-hydrogen) atoms. The molecule has 0 fully saturated rings. The van der Waals surface area contributed by atoms with E-state index in [4.69, 9.17) is 10.00 Å². The second kappa shape index (κ2) is 5.09. The summed E-state index contributed by atoms with van der Waals surface area (Å²) < 4.78 is 43.0. The van der Waals surface area contributed by atoms with Gasteiger partial charge in [-0.1, -0.05) is 18.2 Å². The van der Waals surface area contributed by atoms with E-state index in [1.54, 1.807) is 0 Å². The van der Waals surface area contributed by atoms with Crippen LogP contribution in [-0.4, -0.2) is 11.6 Å². The number of carbonyl (C=O) groups excluding carboxylic acids is 1. The molecule has 108 valence electrons. The predicted octanol–water partition coefficient (Wildman–Crippen LogP) is 3.57. The zero-order valence-corrected chi connectivity index (χ0v) is 10.9. The van der Waals surface area contributed by atoms with E-state index < -0.39 is 23.3 Å². The number of nitriles is 1. The highest BCUT2D eigenvalue weighted by atomic mass is 19.4. The molecule has 1 aliphatic rings. The van der Waals surface area contributed by atoms with Crippen LogP contribution in [0.1, 0.15) is 23.6 Å². The van der Waals surface area contributed by atoms with Crippen LogP contribution in [-0.2, 0) is 15.7 Å². The summed E-state index contributed by atoms with van der Waals surface area (Å²) in [6.45, 7) is 1.15. The smallest absolute Gasteiger partial charge is 0.416 e. The Kier molecular flexibility index (Phi) is 3.60. The van der Waals surface area contributed by atoms with E-state index in [2.05, 4.69) is 0 Å². The van der Waals surface area contributed by atoms with Crippen LogP contribution in [0.25, 0.3) is 12.2 Å². The van der Waals surface area contributed by atoms with E-state index in [9.17, 15) is 18.0 Å². The minimum Gasteiger partial charge on any atom is -0.436 e. The molecule has 0 aromatic heterocycles. The standard InChI is InChI=1S/C15H10F3NO2/c1-10(20)21-14(9-19)6-4-11-2-3-13(15(16,17)18)8-12(11)5-7-14/h2-8H,1H3. The van der Waals surface area contributed by atoms with Crippen LogP contribution < -0.4 is 0 Å². The maximum absolute atomic E-state index is 12.7. The Morgan fingerprint density at radius 1 is 1.24 bits per heavy atom. The molecule has 2 rings (SSSR count). The Labute approximate surface area is 118 Å². The van der Waals surface area contributed by atoms with Gasteiger partial charge in [0.05, 0.1) is 5.56 Å². The van der Waals surface area contributed by atoms with Crippen LogP contribution in [0, 0.1) is 11.3 Å². The van der Waals surface area contributed by atoms with Gasteiger partial charge in [-0.15, -0.1) is 0 Å². The van der Waals surface area contributed by atoms with Gasteiger partial charge in [0.25, 0.3) is 0 Å². The first-order valence-corrected chi connectivity index (χ1v) is 5.96. The summed E-state index contributed by atoms with van der Waals surface area (Å²) in [7, 11) is 0. The lowest BCUT2D eigenvalue weighted by atomic mass is 10.0. The number of nitrogens with zero attached hydrogens (tertiary/aromatic N) is 1. The molecule has 1 aromatic rings. The molecule has 0 amide bonds. The number of hydrogen-bond acceptors (Lipinski definition) is 3. The van der Waals surface area contributed by atoms with E-state index >= 15 is 0 Å². The van der Waals surface area contributed by atoms with Gasteiger partial charge in [0.2, 0.25) is 5.60 Å². The lowest BCUT2D eigenvalue weighted by Crippen LogP contribution is -2.27. The summed E-state index contributed by atoms with van der Waals surface area (Å²) in [5.74, 6) is -0.659. The fourth-order valence-corrected chi connectivity index (χ4v) is 1.93. The van der Waals surface area contributed by atoms with Gasteiger partial charge < -0.3 is 4.74 Å². The molecule has 1 aromatic carbocycles. The summed E-state index contributed by atoms with van der Waals surface area (Å²) in [5.41, 5.74) is -1.59. The van der Waals surface area contributed by atoms with E-state index in [0.717, 1.165) is 19.1 Å². The number of carbonyl (C=O) groups is 1. The number of rotatable bonds is 1. The summed E-state index contributed by atoms with van der Waals surface area (Å²) >= 11 is 0. The maximum atomic E-state index is 12.7. The number of alkyl halides is 3. The van der Waals surface area contributed by atoms with Gasteiger partial charge in [-0.05, 0) is 35.4 Å². The quantitative estimate of drug-likeness (QED) is 0.744. The van der Waals surface area contributed by atoms with Crippen molar-refractivity contribution in [1.82, 2.24) is 0 Å². The number of halogens is 3. The van der Waals surface area contributed by atoms with Crippen LogP contribution in [0.4, 0.5) is 13.2 Å². The van der Waals surface area contributed by atoms with Crippen molar-refractivity contribution < 1.29 is 22.7 Å². The number of hydrogen-bond donors (Lipinski definition) is 0. The van der Waals surface area contributed by atoms with Crippen molar-refractivity contribution >= 4 is 18.1 Å². The normalized spacial score (nSPS) is 20.3. The maximum Gasteiger partial charge on any atom is 0.416 e. The highest BCUT2D eigenvalue weighted by Gasteiger charge is 2.32. The molecule has 1 unspecified atom stereocenters. The molecule has 0 saturated carbocycles. The van der Waals surface area contributed by atoms with Gasteiger partial charge in [-0.3, -0.25) is 4.79 Å². The third-order valence-electron chi connectivity index (χ3n) is 2.92. The third-order valence-corrected chi connectivity index (χ3v) is 2.92. The number of esters is 1. The summed E-state index contributed by atoms with van der Waals surface area (Å²) in [6, 6.07) is 5.08. The first-order valence-electron chi connectivity index (χ1n) is 5.96. The van der Waals surface area contributed by atoms with Crippen LogP contribution in [0.15, 0.2) is 30.4 Å². The predicted molar refractivity (Wildman–Crippen MR) is 69.6 cm³/mol. The van der Waals surface area contributed by atoms with Crippen LogP contribution in [0.5, 0.6) is 0 Å². The van der Waals surface area contributed by atoms with Crippen molar-refractivity contribution in [3.63, 3.8) is 0 Å². The van der Waals surface area contributed by atoms with Crippen molar-refractivity contribution in [3.8, 4) is 6.07 Å². The topological polar surface area (TPSA) is 50.1 Å². The molecule has 0 aliphatic heterocycles. The molecular formula is C15H10F3NO2. The number of ether oxygens (including phenoxy) is 1. The van der Waals surface area contributed by atoms with E-state index in [1.807, 2.05) is 6.07 Å². The molecule has 0 radical (unpaired) electrons. The second-order valence-electron chi connectivity index (χ2n) is 4.51. The van der Waals surface area contributed by atoms with Crippen LogP contribution in [0.3, 0.4) is 0 Å². The Morgan fingerprint density at radius 2 is 1.86 bits per heavy atom. The zero-order valence-electron chi connectivity index (χ0n) is 10.9.